The lowest BCUT2D eigenvalue weighted by Gasteiger charge is -2.25. The Kier molecular flexibility index (Phi) is 6.63. The zero-order valence-corrected chi connectivity index (χ0v) is 18.8. The Labute approximate surface area is 197 Å². The van der Waals surface area contributed by atoms with E-state index in [2.05, 4.69) is 12.1 Å². The van der Waals surface area contributed by atoms with Crippen LogP contribution in [0, 0.1) is 0 Å². The topological polar surface area (TPSA) is 110 Å². The number of rotatable bonds is 8. The van der Waals surface area contributed by atoms with Gasteiger partial charge in [0.2, 0.25) is 5.91 Å². The summed E-state index contributed by atoms with van der Waals surface area (Å²) < 4.78 is 5.60. The van der Waals surface area contributed by atoms with Gasteiger partial charge < -0.3 is 15.6 Å². The van der Waals surface area contributed by atoms with Crippen LogP contribution in [0.15, 0.2) is 72.8 Å². The maximum absolute atomic E-state index is 12.8. The standard InChI is InChI=1S/C27H26N2O5/c1-29(24(26(31)32)15-12-17-10-13-18(14-11-17)25(28)30)27(33)34-16-23-21-8-4-2-6-19(21)20-7-3-5-9-22(20)23/h2-11,13-14,23-24H,12,15-16H2,1H3,(H2,28,30)(H,31,32)/t24-/m0/s1. The van der Waals surface area contributed by atoms with E-state index >= 15 is 0 Å². The van der Waals surface area contributed by atoms with Gasteiger partial charge in [0.15, 0.2) is 0 Å². The van der Waals surface area contributed by atoms with Gasteiger partial charge in [-0.15, -0.1) is 0 Å². The van der Waals surface area contributed by atoms with E-state index in [1.54, 1.807) is 24.3 Å². The number of benzene rings is 3. The third-order valence-corrected chi connectivity index (χ3v) is 6.32. The monoisotopic (exact) mass is 458 g/mol. The number of carbonyl (C=O) groups excluding carboxylic acids is 2. The Morgan fingerprint density at radius 1 is 0.941 bits per heavy atom. The number of hydrogen-bond donors (Lipinski definition) is 2. The number of carboxylic acid groups (broad SMARTS) is 1. The maximum Gasteiger partial charge on any atom is 0.410 e. The van der Waals surface area contributed by atoms with Crippen molar-refractivity contribution >= 4 is 18.0 Å². The third-order valence-electron chi connectivity index (χ3n) is 6.32. The number of aliphatic carboxylic acids is 1. The second-order valence-corrected chi connectivity index (χ2v) is 8.37. The molecule has 1 atom stereocenters. The van der Waals surface area contributed by atoms with Gasteiger partial charge in [0.25, 0.3) is 0 Å². The van der Waals surface area contributed by atoms with E-state index in [0.29, 0.717) is 12.0 Å². The molecule has 1 aliphatic carbocycles. The van der Waals surface area contributed by atoms with Gasteiger partial charge in [-0.25, -0.2) is 9.59 Å². The van der Waals surface area contributed by atoms with Crippen LogP contribution >= 0.6 is 0 Å². The van der Waals surface area contributed by atoms with E-state index in [4.69, 9.17) is 10.5 Å². The smallest absolute Gasteiger partial charge is 0.410 e. The molecule has 0 radical (unpaired) electrons. The van der Waals surface area contributed by atoms with E-state index in [-0.39, 0.29) is 18.9 Å². The second-order valence-electron chi connectivity index (χ2n) is 8.37. The molecule has 0 aliphatic heterocycles. The first-order chi connectivity index (χ1) is 16.4. The Morgan fingerprint density at radius 2 is 1.50 bits per heavy atom. The second kappa shape index (κ2) is 9.79. The average Bonchev–Trinajstić information content (AvgIpc) is 3.16. The molecule has 3 aromatic carbocycles. The number of amides is 2. The van der Waals surface area contributed by atoms with Crippen molar-refractivity contribution in [2.75, 3.05) is 13.7 Å². The Hall–Kier alpha value is -4.13. The third kappa shape index (κ3) is 4.64. The number of fused-ring (bicyclic) bond motifs is 3. The van der Waals surface area contributed by atoms with Crippen molar-refractivity contribution < 1.29 is 24.2 Å². The summed E-state index contributed by atoms with van der Waals surface area (Å²) in [5.41, 5.74) is 10.9. The van der Waals surface area contributed by atoms with Gasteiger partial charge >= 0.3 is 12.1 Å². The van der Waals surface area contributed by atoms with E-state index in [0.717, 1.165) is 32.7 Å². The Morgan fingerprint density at radius 3 is 2.03 bits per heavy atom. The number of carbonyl (C=O) groups is 3. The first kappa shape index (κ1) is 23.0. The van der Waals surface area contributed by atoms with Crippen molar-refractivity contribution in [1.29, 1.82) is 0 Å². The minimum absolute atomic E-state index is 0.100. The van der Waals surface area contributed by atoms with Crippen molar-refractivity contribution in [2.45, 2.75) is 24.8 Å². The molecule has 0 saturated heterocycles. The number of nitrogens with zero attached hydrogens (tertiary/aromatic N) is 1. The van der Waals surface area contributed by atoms with Crippen molar-refractivity contribution in [3.8, 4) is 11.1 Å². The van der Waals surface area contributed by atoms with Crippen LogP contribution < -0.4 is 5.73 Å². The van der Waals surface area contributed by atoms with Crippen molar-refractivity contribution in [3.63, 3.8) is 0 Å². The number of hydrogen-bond acceptors (Lipinski definition) is 4. The molecular weight excluding hydrogens is 432 g/mol. The summed E-state index contributed by atoms with van der Waals surface area (Å²) in [7, 11) is 1.44. The van der Waals surface area contributed by atoms with E-state index in [1.807, 2.05) is 36.4 Å². The molecule has 3 aromatic rings. The van der Waals surface area contributed by atoms with Gasteiger partial charge in [0.1, 0.15) is 12.6 Å². The number of likely N-dealkylation sites (N-methyl/N-ethyl adjacent to an activating group) is 1. The van der Waals surface area contributed by atoms with Crippen LogP contribution in [0.1, 0.15) is 39.4 Å². The van der Waals surface area contributed by atoms with Crippen LogP contribution in [0.2, 0.25) is 0 Å². The fourth-order valence-corrected chi connectivity index (χ4v) is 4.44. The van der Waals surface area contributed by atoms with Gasteiger partial charge in [-0.05, 0) is 52.8 Å². The highest BCUT2D eigenvalue weighted by Crippen LogP contribution is 2.44. The summed E-state index contributed by atoms with van der Waals surface area (Å²) in [4.78, 5) is 37.0. The normalized spacial score (nSPS) is 13.0. The van der Waals surface area contributed by atoms with E-state index in [1.165, 1.54) is 7.05 Å². The number of primary amides is 1. The summed E-state index contributed by atoms with van der Waals surface area (Å²) in [6, 6.07) is 21.7. The summed E-state index contributed by atoms with van der Waals surface area (Å²) in [6.07, 6.45) is -0.0681. The Bertz CT molecular complexity index is 1180. The first-order valence-corrected chi connectivity index (χ1v) is 11.1. The first-order valence-electron chi connectivity index (χ1n) is 11.1. The highest BCUT2D eigenvalue weighted by atomic mass is 16.6. The van der Waals surface area contributed by atoms with Crippen LogP contribution in [0.25, 0.3) is 11.1 Å². The molecule has 1 aliphatic rings. The van der Waals surface area contributed by atoms with Gasteiger partial charge in [-0.2, -0.15) is 0 Å². The molecule has 0 heterocycles. The summed E-state index contributed by atoms with van der Waals surface area (Å²) >= 11 is 0. The largest absolute Gasteiger partial charge is 0.480 e. The molecule has 0 unspecified atom stereocenters. The van der Waals surface area contributed by atoms with Crippen LogP contribution in [0.4, 0.5) is 4.79 Å². The molecule has 4 rings (SSSR count). The average molecular weight is 459 g/mol. The molecule has 0 aromatic heterocycles. The highest BCUT2D eigenvalue weighted by Gasteiger charge is 2.31. The highest BCUT2D eigenvalue weighted by molar-refractivity contribution is 5.92. The van der Waals surface area contributed by atoms with Crippen molar-refractivity contribution in [3.05, 3.63) is 95.1 Å². The van der Waals surface area contributed by atoms with Crippen LogP contribution in [0.5, 0.6) is 0 Å². The molecule has 34 heavy (non-hydrogen) atoms. The Balaban J connectivity index is 1.41. The minimum atomic E-state index is -1.11. The van der Waals surface area contributed by atoms with Crippen molar-refractivity contribution in [2.24, 2.45) is 5.73 Å². The lowest BCUT2D eigenvalue weighted by molar-refractivity contribution is -0.142. The lowest BCUT2D eigenvalue weighted by Crippen LogP contribution is -2.43. The molecule has 2 amide bonds. The van der Waals surface area contributed by atoms with Gasteiger partial charge in [0.05, 0.1) is 0 Å². The summed E-state index contributed by atoms with van der Waals surface area (Å²) in [6.45, 7) is 0.123. The zero-order chi connectivity index (χ0) is 24.2. The number of aryl methyl sites for hydroxylation is 1. The van der Waals surface area contributed by atoms with Gasteiger partial charge in [-0.1, -0.05) is 60.7 Å². The molecule has 0 bridgehead atoms. The molecule has 7 nitrogen and oxygen atoms in total. The minimum Gasteiger partial charge on any atom is -0.480 e. The van der Waals surface area contributed by atoms with Gasteiger partial charge in [-0.3, -0.25) is 9.69 Å². The number of nitrogens with two attached hydrogens (primary N) is 1. The van der Waals surface area contributed by atoms with Crippen LogP contribution in [-0.4, -0.2) is 47.7 Å². The summed E-state index contributed by atoms with van der Waals surface area (Å²) in [5, 5.41) is 9.72. The number of ether oxygens (including phenoxy) is 1. The van der Waals surface area contributed by atoms with Gasteiger partial charge in [0, 0.05) is 18.5 Å². The lowest BCUT2D eigenvalue weighted by atomic mass is 9.98. The molecule has 0 spiro atoms. The fraction of sp³-hybridized carbons (Fsp3) is 0.222. The molecule has 0 fully saturated rings. The molecule has 0 saturated carbocycles. The quantitative estimate of drug-likeness (QED) is 0.529. The van der Waals surface area contributed by atoms with E-state index in [9.17, 15) is 19.5 Å². The predicted octanol–water partition coefficient (Wildman–Crippen LogP) is 4.05. The molecule has 174 valence electrons. The molecule has 7 heteroatoms. The van der Waals surface area contributed by atoms with Crippen LogP contribution in [0.3, 0.4) is 0 Å². The zero-order valence-electron chi connectivity index (χ0n) is 18.8. The SMILES string of the molecule is CN(C(=O)OCC1c2ccccc2-c2ccccc21)[C@@H](CCc1ccc(C(N)=O)cc1)C(=O)O. The van der Waals surface area contributed by atoms with Crippen molar-refractivity contribution in [1.82, 2.24) is 4.90 Å². The summed E-state index contributed by atoms with van der Waals surface area (Å²) in [5.74, 6) is -1.73. The fourth-order valence-electron chi connectivity index (χ4n) is 4.44. The predicted molar refractivity (Wildman–Crippen MR) is 128 cm³/mol. The van der Waals surface area contributed by atoms with Crippen LogP contribution in [-0.2, 0) is 16.0 Å². The molecular formula is C27H26N2O5. The molecule has 3 N–H and O–H groups in total. The number of carboxylic acids is 1. The maximum atomic E-state index is 12.8. The van der Waals surface area contributed by atoms with E-state index < -0.39 is 24.0 Å².